The summed E-state index contributed by atoms with van der Waals surface area (Å²) < 4.78 is 12.3. The fourth-order valence-electron chi connectivity index (χ4n) is 2.74. The maximum atomic E-state index is 5.59. The molecule has 100 valence electrons. The molecule has 0 saturated carbocycles. The molecule has 2 aliphatic heterocycles. The first-order chi connectivity index (χ1) is 9.31. The maximum absolute atomic E-state index is 5.59. The van der Waals surface area contributed by atoms with E-state index in [-0.39, 0.29) is 0 Å². The molecule has 0 spiro atoms. The van der Waals surface area contributed by atoms with Crippen LogP contribution in [0.15, 0.2) is 12.1 Å². The van der Waals surface area contributed by atoms with E-state index in [1.807, 2.05) is 0 Å². The third-order valence-corrected chi connectivity index (χ3v) is 4.86. The van der Waals surface area contributed by atoms with Crippen LogP contribution in [0.3, 0.4) is 0 Å². The van der Waals surface area contributed by atoms with Crippen LogP contribution in [0.1, 0.15) is 12.5 Å². The molecule has 0 bridgehead atoms. The fourth-order valence-corrected chi connectivity index (χ4v) is 3.69. The van der Waals surface area contributed by atoms with E-state index in [9.17, 15) is 0 Å². The highest BCUT2D eigenvalue weighted by atomic mass is 32.1. The van der Waals surface area contributed by atoms with Gasteiger partial charge in [-0.15, -0.1) is 0 Å². The number of thiazole rings is 1. The van der Waals surface area contributed by atoms with Gasteiger partial charge >= 0.3 is 0 Å². The highest BCUT2D eigenvalue weighted by Gasteiger charge is 2.25. The Morgan fingerprint density at radius 2 is 2.32 bits per heavy atom. The molecule has 0 unspecified atom stereocenters. The lowest BCUT2D eigenvalue weighted by Crippen LogP contribution is -2.25. The molecule has 2 aromatic rings. The summed E-state index contributed by atoms with van der Waals surface area (Å²) in [4.78, 5) is 4.75. The van der Waals surface area contributed by atoms with E-state index in [0.29, 0.717) is 12.0 Å². The van der Waals surface area contributed by atoms with Crippen LogP contribution in [0, 0.1) is 5.92 Å². The Morgan fingerprint density at radius 1 is 1.37 bits per heavy atom. The van der Waals surface area contributed by atoms with Gasteiger partial charge in [0.1, 0.15) is 5.75 Å². The molecule has 5 heteroatoms. The van der Waals surface area contributed by atoms with Crippen molar-refractivity contribution in [3.8, 4) is 5.75 Å². The standard InChI is InChI=1S/C14H16N2O2S/c1-8-6-17-7-10(8)15-14-16-13-9-4-5-18-11(9)2-3-12(13)19-14/h2-3,8,10H,4-7H2,1H3,(H,15,16)/t8-,10+/m0/s1. The number of hydrogen-bond acceptors (Lipinski definition) is 5. The van der Waals surface area contributed by atoms with Crippen molar-refractivity contribution in [2.24, 2.45) is 5.92 Å². The topological polar surface area (TPSA) is 43.4 Å². The number of hydrogen-bond donors (Lipinski definition) is 1. The summed E-state index contributed by atoms with van der Waals surface area (Å²) in [6.45, 7) is 4.61. The lowest BCUT2D eigenvalue weighted by molar-refractivity contribution is 0.187. The highest BCUT2D eigenvalue weighted by Crippen LogP contribution is 2.36. The van der Waals surface area contributed by atoms with Crippen molar-refractivity contribution in [2.75, 3.05) is 25.1 Å². The zero-order valence-corrected chi connectivity index (χ0v) is 11.6. The summed E-state index contributed by atoms with van der Waals surface area (Å²) in [5.41, 5.74) is 2.37. The maximum Gasteiger partial charge on any atom is 0.184 e. The lowest BCUT2D eigenvalue weighted by atomic mass is 10.1. The van der Waals surface area contributed by atoms with Gasteiger partial charge in [-0.05, 0) is 12.1 Å². The summed E-state index contributed by atoms with van der Waals surface area (Å²) in [5.74, 6) is 1.54. The smallest absolute Gasteiger partial charge is 0.184 e. The number of rotatable bonds is 2. The van der Waals surface area contributed by atoms with E-state index < -0.39 is 0 Å². The van der Waals surface area contributed by atoms with Gasteiger partial charge in [-0.1, -0.05) is 18.3 Å². The zero-order chi connectivity index (χ0) is 12.8. The van der Waals surface area contributed by atoms with Crippen LogP contribution in [0.4, 0.5) is 5.13 Å². The molecule has 1 saturated heterocycles. The molecule has 2 aliphatic rings. The lowest BCUT2D eigenvalue weighted by Gasteiger charge is -2.13. The van der Waals surface area contributed by atoms with Gasteiger partial charge in [-0.25, -0.2) is 4.98 Å². The minimum Gasteiger partial charge on any atom is -0.493 e. The molecule has 19 heavy (non-hydrogen) atoms. The summed E-state index contributed by atoms with van der Waals surface area (Å²) in [6.07, 6.45) is 0.971. The molecule has 4 rings (SSSR count). The van der Waals surface area contributed by atoms with Gasteiger partial charge in [0, 0.05) is 17.9 Å². The monoisotopic (exact) mass is 276 g/mol. The quantitative estimate of drug-likeness (QED) is 0.916. The number of anilines is 1. The minimum absolute atomic E-state index is 0.380. The normalized spacial score (nSPS) is 25.5. The first-order valence-electron chi connectivity index (χ1n) is 6.71. The first-order valence-corrected chi connectivity index (χ1v) is 7.52. The largest absolute Gasteiger partial charge is 0.493 e. The molecule has 0 radical (unpaired) electrons. The number of ether oxygens (including phenoxy) is 2. The van der Waals surface area contributed by atoms with Gasteiger partial charge in [-0.3, -0.25) is 0 Å². The second-order valence-corrected chi connectivity index (χ2v) is 6.30. The van der Waals surface area contributed by atoms with Gasteiger partial charge in [0.05, 0.1) is 36.1 Å². The van der Waals surface area contributed by atoms with Crippen LogP contribution in [0.5, 0.6) is 5.75 Å². The first kappa shape index (κ1) is 11.5. The van der Waals surface area contributed by atoms with Crippen LogP contribution in [-0.2, 0) is 11.2 Å². The van der Waals surface area contributed by atoms with E-state index in [4.69, 9.17) is 14.5 Å². The molecule has 3 heterocycles. The number of nitrogens with one attached hydrogen (secondary N) is 1. The Bertz CT molecular complexity index is 625. The van der Waals surface area contributed by atoms with Crippen LogP contribution in [0.25, 0.3) is 10.2 Å². The average Bonchev–Trinajstić information content (AvgIpc) is 3.09. The summed E-state index contributed by atoms with van der Waals surface area (Å²) in [5, 5.41) is 4.51. The van der Waals surface area contributed by atoms with Crippen LogP contribution in [-0.4, -0.2) is 30.8 Å². The molecular formula is C14H16N2O2S. The second kappa shape index (κ2) is 4.35. The molecule has 2 atom stereocenters. The molecule has 1 fully saturated rings. The number of nitrogens with zero attached hydrogens (tertiary/aromatic N) is 1. The van der Waals surface area contributed by atoms with Gasteiger partial charge < -0.3 is 14.8 Å². The van der Waals surface area contributed by atoms with Crippen molar-refractivity contribution in [3.63, 3.8) is 0 Å². The molecule has 1 aromatic carbocycles. The minimum atomic E-state index is 0.380. The summed E-state index contributed by atoms with van der Waals surface area (Å²) >= 11 is 1.72. The van der Waals surface area contributed by atoms with E-state index in [0.717, 1.165) is 42.6 Å². The van der Waals surface area contributed by atoms with Gasteiger partial charge in [0.15, 0.2) is 5.13 Å². The van der Waals surface area contributed by atoms with E-state index >= 15 is 0 Å². The highest BCUT2D eigenvalue weighted by molar-refractivity contribution is 7.22. The second-order valence-electron chi connectivity index (χ2n) is 5.27. The van der Waals surface area contributed by atoms with Crippen molar-refractivity contribution >= 4 is 26.7 Å². The van der Waals surface area contributed by atoms with E-state index in [1.165, 1.54) is 10.3 Å². The van der Waals surface area contributed by atoms with E-state index in [1.54, 1.807) is 11.3 Å². The summed E-state index contributed by atoms with van der Waals surface area (Å²) in [6, 6.07) is 4.55. The Labute approximate surface area is 115 Å². The van der Waals surface area contributed by atoms with Crippen molar-refractivity contribution in [1.82, 2.24) is 4.98 Å². The Kier molecular flexibility index (Phi) is 2.63. The van der Waals surface area contributed by atoms with Crippen molar-refractivity contribution < 1.29 is 9.47 Å². The van der Waals surface area contributed by atoms with Crippen LogP contribution in [0.2, 0.25) is 0 Å². The number of aromatic nitrogens is 1. The van der Waals surface area contributed by atoms with Gasteiger partial charge in [-0.2, -0.15) is 0 Å². The molecule has 1 aromatic heterocycles. The Morgan fingerprint density at radius 3 is 3.16 bits per heavy atom. The van der Waals surface area contributed by atoms with Crippen molar-refractivity contribution in [1.29, 1.82) is 0 Å². The summed E-state index contributed by atoms with van der Waals surface area (Å²) in [7, 11) is 0. The zero-order valence-electron chi connectivity index (χ0n) is 10.8. The number of fused-ring (bicyclic) bond motifs is 3. The molecular weight excluding hydrogens is 260 g/mol. The molecule has 1 N–H and O–H groups in total. The van der Waals surface area contributed by atoms with Gasteiger partial charge in [0.25, 0.3) is 0 Å². The average molecular weight is 276 g/mol. The Hall–Kier alpha value is -1.33. The van der Waals surface area contributed by atoms with E-state index in [2.05, 4.69) is 24.4 Å². The predicted octanol–water partition coefficient (Wildman–Crippen LogP) is 2.68. The van der Waals surface area contributed by atoms with Crippen LogP contribution >= 0.6 is 11.3 Å². The van der Waals surface area contributed by atoms with Gasteiger partial charge in [0.2, 0.25) is 0 Å². The molecule has 0 amide bonds. The van der Waals surface area contributed by atoms with Crippen molar-refractivity contribution in [3.05, 3.63) is 17.7 Å². The molecule has 0 aliphatic carbocycles. The third-order valence-electron chi connectivity index (χ3n) is 3.91. The number of benzene rings is 1. The third kappa shape index (κ3) is 1.88. The van der Waals surface area contributed by atoms with Crippen molar-refractivity contribution in [2.45, 2.75) is 19.4 Å². The predicted molar refractivity (Wildman–Crippen MR) is 76.2 cm³/mol. The Balaban J connectivity index is 1.68. The fraction of sp³-hybridized carbons (Fsp3) is 0.500. The SMILES string of the molecule is C[C@H]1COC[C@H]1Nc1nc2c3c(ccc2s1)OCC3. The molecule has 4 nitrogen and oxygen atoms in total. The van der Waals surface area contributed by atoms with Crippen LogP contribution < -0.4 is 10.1 Å².